The molecule has 0 aliphatic rings. The van der Waals surface area contributed by atoms with Gasteiger partial charge in [0.1, 0.15) is 17.3 Å². The topological polar surface area (TPSA) is 56.3 Å². The third-order valence-corrected chi connectivity index (χ3v) is 3.39. The summed E-state index contributed by atoms with van der Waals surface area (Å²) >= 11 is 11.7. The maximum atomic E-state index is 5.86. The first kappa shape index (κ1) is 15.7. The molecule has 1 aromatic carbocycles. The van der Waals surface area contributed by atoms with Crippen LogP contribution >= 0.6 is 23.2 Å². The van der Waals surface area contributed by atoms with Gasteiger partial charge in [-0.3, -0.25) is 0 Å². The Morgan fingerprint density at radius 2 is 2.00 bits per heavy atom. The van der Waals surface area contributed by atoms with Gasteiger partial charge in [-0.1, -0.05) is 0 Å². The second-order valence-corrected chi connectivity index (χ2v) is 4.78. The Bertz CT molecular complexity index is 623. The van der Waals surface area contributed by atoms with Gasteiger partial charge in [0.2, 0.25) is 5.28 Å². The molecule has 0 amide bonds. The highest BCUT2D eigenvalue weighted by atomic mass is 35.5. The Labute approximate surface area is 133 Å². The molecule has 1 N–H and O–H groups in total. The minimum atomic E-state index is 0.174. The molecule has 1 aromatic heterocycles. The van der Waals surface area contributed by atoms with Crippen molar-refractivity contribution in [3.05, 3.63) is 40.8 Å². The summed E-state index contributed by atoms with van der Waals surface area (Å²) in [5.41, 5.74) is 1.75. The number of alkyl halides is 1. The smallest absolute Gasteiger partial charge is 0.224 e. The van der Waals surface area contributed by atoms with Gasteiger partial charge < -0.3 is 14.8 Å². The fourth-order valence-corrected chi connectivity index (χ4v) is 2.14. The molecule has 1 heterocycles. The Morgan fingerprint density at radius 3 is 2.67 bits per heavy atom. The summed E-state index contributed by atoms with van der Waals surface area (Å²) in [6.07, 6.45) is 1.61. The van der Waals surface area contributed by atoms with Crippen LogP contribution in [-0.2, 0) is 12.4 Å². The summed E-state index contributed by atoms with van der Waals surface area (Å²) in [5, 5.41) is 3.37. The molecule has 0 aliphatic heterocycles. The Hall–Kier alpha value is -1.72. The van der Waals surface area contributed by atoms with E-state index >= 15 is 0 Å². The predicted octanol–water partition coefficient (Wildman–Crippen LogP) is 3.50. The molecule has 0 radical (unpaired) electrons. The van der Waals surface area contributed by atoms with Gasteiger partial charge in [0.05, 0.1) is 20.1 Å². The van der Waals surface area contributed by atoms with Crippen LogP contribution in [0.5, 0.6) is 11.5 Å². The normalized spacial score (nSPS) is 10.3. The van der Waals surface area contributed by atoms with Gasteiger partial charge in [0.25, 0.3) is 0 Å². The number of aromatic nitrogens is 2. The number of methoxy groups -OCH3 is 2. The maximum absolute atomic E-state index is 5.86. The predicted molar refractivity (Wildman–Crippen MR) is 83.5 cm³/mol. The van der Waals surface area contributed by atoms with Crippen LogP contribution in [0.2, 0.25) is 5.28 Å². The van der Waals surface area contributed by atoms with Gasteiger partial charge >= 0.3 is 0 Å². The highest BCUT2D eigenvalue weighted by molar-refractivity contribution is 6.28. The van der Waals surface area contributed by atoms with E-state index in [2.05, 4.69) is 15.3 Å². The van der Waals surface area contributed by atoms with Crippen molar-refractivity contribution < 1.29 is 9.47 Å². The van der Waals surface area contributed by atoms with Gasteiger partial charge in [-0.2, -0.15) is 0 Å². The van der Waals surface area contributed by atoms with E-state index in [1.54, 1.807) is 20.4 Å². The van der Waals surface area contributed by atoms with E-state index in [9.17, 15) is 0 Å². The average molecular weight is 328 g/mol. The zero-order chi connectivity index (χ0) is 15.2. The summed E-state index contributed by atoms with van der Waals surface area (Å²) < 4.78 is 10.5. The summed E-state index contributed by atoms with van der Waals surface area (Å²) in [6, 6.07) is 5.62. The molecule has 0 bridgehead atoms. The van der Waals surface area contributed by atoms with Crippen molar-refractivity contribution in [1.82, 2.24) is 9.97 Å². The van der Waals surface area contributed by atoms with Gasteiger partial charge in [-0.15, -0.1) is 11.6 Å². The molecule has 0 spiro atoms. The van der Waals surface area contributed by atoms with E-state index in [1.165, 1.54) is 0 Å². The summed E-state index contributed by atoms with van der Waals surface area (Å²) in [4.78, 5) is 8.05. The molecule has 21 heavy (non-hydrogen) atoms. The Morgan fingerprint density at radius 1 is 1.19 bits per heavy atom. The number of benzene rings is 1. The Kier molecular flexibility index (Phi) is 5.47. The second-order valence-electron chi connectivity index (χ2n) is 4.18. The van der Waals surface area contributed by atoms with Gasteiger partial charge in [0, 0.05) is 29.9 Å². The van der Waals surface area contributed by atoms with Crippen molar-refractivity contribution in [3.63, 3.8) is 0 Å². The molecule has 0 unspecified atom stereocenters. The molecule has 0 fully saturated rings. The Balaban J connectivity index is 2.18. The van der Waals surface area contributed by atoms with Crippen LogP contribution in [0.3, 0.4) is 0 Å². The number of hydrogen-bond acceptors (Lipinski definition) is 5. The molecular weight excluding hydrogens is 313 g/mol. The van der Waals surface area contributed by atoms with Crippen molar-refractivity contribution in [1.29, 1.82) is 0 Å². The largest absolute Gasteiger partial charge is 0.497 e. The number of ether oxygens (including phenoxy) is 2. The number of nitrogens with one attached hydrogen (secondary N) is 1. The van der Waals surface area contributed by atoms with Crippen LogP contribution in [0.4, 0.5) is 5.82 Å². The van der Waals surface area contributed by atoms with Gasteiger partial charge in [-0.05, 0) is 23.7 Å². The molecule has 2 aromatic rings. The molecule has 7 heteroatoms. The van der Waals surface area contributed by atoms with E-state index in [4.69, 9.17) is 32.7 Å². The first-order valence-corrected chi connectivity index (χ1v) is 7.11. The zero-order valence-corrected chi connectivity index (χ0v) is 13.2. The molecule has 0 aliphatic carbocycles. The van der Waals surface area contributed by atoms with Crippen molar-refractivity contribution in [2.24, 2.45) is 0 Å². The van der Waals surface area contributed by atoms with E-state index < -0.39 is 0 Å². The van der Waals surface area contributed by atoms with Crippen LogP contribution < -0.4 is 14.8 Å². The van der Waals surface area contributed by atoms with Crippen molar-refractivity contribution in [2.75, 3.05) is 19.5 Å². The fraction of sp³-hybridized carbons (Fsp3) is 0.286. The van der Waals surface area contributed by atoms with Gasteiger partial charge in [0.15, 0.2) is 0 Å². The molecule has 0 saturated carbocycles. The van der Waals surface area contributed by atoms with Crippen molar-refractivity contribution in [2.45, 2.75) is 12.4 Å². The number of anilines is 1. The average Bonchev–Trinajstić information content (AvgIpc) is 2.52. The number of rotatable bonds is 6. The monoisotopic (exact) mass is 327 g/mol. The molecule has 0 atom stereocenters. The lowest BCUT2D eigenvalue weighted by atomic mass is 10.2. The summed E-state index contributed by atoms with van der Waals surface area (Å²) in [5.74, 6) is 2.39. The van der Waals surface area contributed by atoms with E-state index in [1.807, 2.05) is 18.2 Å². The lowest BCUT2D eigenvalue weighted by Crippen LogP contribution is -2.06. The summed E-state index contributed by atoms with van der Waals surface area (Å²) in [6.45, 7) is 0.518. The minimum Gasteiger partial charge on any atom is -0.497 e. The van der Waals surface area contributed by atoms with Crippen molar-refractivity contribution >= 4 is 29.0 Å². The van der Waals surface area contributed by atoms with Crippen LogP contribution in [-0.4, -0.2) is 24.2 Å². The van der Waals surface area contributed by atoms with Crippen LogP contribution in [0.25, 0.3) is 0 Å². The minimum absolute atomic E-state index is 0.174. The van der Waals surface area contributed by atoms with Crippen LogP contribution in [0.15, 0.2) is 24.4 Å². The van der Waals surface area contributed by atoms with E-state index in [0.717, 1.165) is 22.6 Å². The van der Waals surface area contributed by atoms with Crippen LogP contribution in [0, 0.1) is 0 Å². The standard InChI is InChI=1S/C14H15Cl2N3O2/c1-20-11-4-3-9(12(5-11)21-2)7-17-13-10(6-15)8-18-14(16)19-13/h3-5,8H,6-7H2,1-2H3,(H,17,18,19). The maximum Gasteiger partial charge on any atom is 0.224 e. The van der Waals surface area contributed by atoms with Crippen LogP contribution in [0.1, 0.15) is 11.1 Å². The SMILES string of the molecule is COc1ccc(CNc2nc(Cl)ncc2CCl)c(OC)c1. The number of hydrogen-bond donors (Lipinski definition) is 1. The lowest BCUT2D eigenvalue weighted by Gasteiger charge is -2.13. The van der Waals surface area contributed by atoms with E-state index in [-0.39, 0.29) is 5.28 Å². The number of nitrogens with zero attached hydrogens (tertiary/aromatic N) is 2. The molecule has 112 valence electrons. The third kappa shape index (κ3) is 3.89. The lowest BCUT2D eigenvalue weighted by molar-refractivity contribution is 0.391. The molecular formula is C14H15Cl2N3O2. The fourth-order valence-electron chi connectivity index (χ4n) is 1.81. The summed E-state index contributed by atoms with van der Waals surface area (Å²) in [7, 11) is 3.23. The molecule has 2 rings (SSSR count). The molecule has 5 nitrogen and oxygen atoms in total. The quantitative estimate of drug-likeness (QED) is 0.650. The zero-order valence-electron chi connectivity index (χ0n) is 11.7. The second kappa shape index (κ2) is 7.33. The first-order chi connectivity index (χ1) is 10.2. The first-order valence-electron chi connectivity index (χ1n) is 6.20. The van der Waals surface area contributed by atoms with Crippen molar-refractivity contribution in [3.8, 4) is 11.5 Å². The van der Waals surface area contributed by atoms with E-state index in [0.29, 0.717) is 18.2 Å². The highest BCUT2D eigenvalue weighted by Crippen LogP contribution is 2.26. The highest BCUT2D eigenvalue weighted by Gasteiger charge is 2.08. The molecule has 0 saturated heterocycles. The number of halogens is 2. The third-order valence-electron chi connectivity index (χ3n) is 2.92. The van der Waals surface area contributed by atoms with Gasteiger partial charge in [-0.25, -0.2) is 9.97 Å².